The summed E-state index contributed by atoms with van der Waals surface area (Å²) >= 11 is 0. The maximum absolute atomic E-state index is 12.9. The second kappa shape index (κ2) is 7.39. The van der Waals surface area contributed by atoms with E-state index in [1.54, 1.807) is 0 Å². The van der Waals surface area contributed by atoms with Crippen LogP contribution in [0.5, 0.6) is 0 Å². The maximum atomic E-state index is 12.9. The molecule has 1 aliphatic carbocycles. The first kappa shape index (κ1) is 19.2. The predicted octanol–water partition coefficient (Wildman–Crippen LogP) is 3.21. The number of nitrogens with one attached hydrogen (secondary N) is 1. The van der Waals surface area contributed by atoms with Crippen LogP contribution in [-0.4, -0.2) is 59.1 Å². The molecule has 3 aliphatic rings. The van der Waals surface area contributed by atoms with Crippen molar-refractivity contribution in [3.8, 4) is 0 Å². The molecule has 152 valence electrons. The van der Waals surface area contributed by atoms with Crippen molar-refractivity contribution in [2.75, 3.05) is 26.2 Å². The summed E-state index contributed by atoms with van der Waals surface area (Å²) in [5.41, 5.74) is 2.81. The van der Waals surface area contributed by atoms with E-state index < -0.39 is 6.09 Å². The number of likely N-dealkylation sites (tertiary alicyclic amines) is 1. The lowest BCUT2D eigenvalue weighted by Crippen LogP contribution is -2.61. The topological polar surface area (TPSA) is 72.9 Å². The minimum absolute atomic E-state index is 0.0845. The van der Waals surface area contributed by atoms with Crippen LogP contribution in [0.4, 0.5) is 4.79 Å². The Bertz CT molecular complexity index is 747. The van der Waals surface area contributed by atoms with Gasteiger partial charge in [0.2, 0.25) is 5.91 Å². The second-order valence-electron chi connectivity index (χ2n) is 9.06. The van der Waals surface area contributed by atoms with E-state index in [0.29, 0.717) is 25.6 Å². The van der Waals surface area contributed by atoms with Crippen LogP contribution in [0.15, 0.2) is 24.3 Å². The lowest BCUT2D eigenvalue weighted by Gasteiger charge is -2.57. The molecular weight excluding hydrogens is 354 g/mol. The van der Waals surface area contributed by atoms with Crippen molar-refractivity contribution in [2.24, 2.45) is 5.41 Å². The van der Waals surface area contributed by atoms with E-state index in [-0.39, 0.29) is 23.4 Å². The SMILES string of the molecule is CC(C)c1ccccc1[C@H]1CNCC(=O)N1C1CC2(CCN(C(=O)O)CC2)C1. The van der Waals surface area contributed by atoms with Crippen molar-refractivity contribution < 1.29 is 14.7 Å². The average molecular weight is 386 g/mol. The number of piperazine rings is 1. The Labute approximate surface area is 166 Å². The Morgan fingerprint density at radius 2 is 1.89 bits per heavy atom. The third kappa shape index (κ3) is 3.39. The number of rotatable bonds is 3. The lowest BCUT2D eigenvalue weighted by atomic mass is 9.59. The number of amides is 2. The molecule has 4 rings (SSSR count). The fourth-order valence-electron chi connectivity index (χ4n) is 5.45. The van der Waals surface area contributed by atoms with E-state index >= 15 is 0 Å². The molecule has 1 atom stereocenters. The van der Waals surface area contributed by atoms with Gasteiger partial charge in [-0.15, -0.1) is 0 Å². The van der Waals surface area contributed by atoms with Crippen molar-refractivity contribution in [1.82, 2.24) is 15.1 Å². The van der Waals surface area contributed by atoms with E-state index in [9.17, 15) is 14.7 Å². The van der Waals surface area contributed by atoms with Gasteiger partial charge in [0, 0.05) is 25.7 Å². The van der Waals surface area contributed by atoms with Crippen LogP contribution in [0.25, 0.3) is 0 Å². The highest BCUT2D eigenvalue weighted by molar-refractivity contribution is 5.80. The monoisotopic (exact) mass is 385 g/mol. The summed E-state index contributed by atoms with van der Waals surface area (Å²) in [6.07, 6.45) is 3.04. The van der Waals surface area contributed by atoms with E-state index in [0.717, 1.165) is 32.2 Å². The van der Waals surface area contributed by atoms with E-state index in [4.69, 9.17) is 0 Å². The van der Waals surface area contributed by atoms with Gasteiger partial charge in [0.1, 0.15) is 0 Å². The molecule has 2 amide bonds. The number of carbonyl (C=O) groups excluding carboxylic acids is 1. The summed E-state index contributed by atoms with van der Waals surface area (Å²) in [5, 5.41) is 12.5. The molecule has 2 saturated heterocycles. The molecule has 6 nitrogen and oxygen atoms in total. The Morgan fingerprint density at radius 3 is 2.54 bits per heavy atom. The largest absolute Gasteiger partial charge is 0.465 e. The summed E-state index contributed by atoms with van der Waals surface area (Å²) in [7, 11) is 0. The van der Waals surface area contributed by atoms with E-state index in [1.165, 1.54) is 16.0 Å². The van der Waals surface area contributed by atoms with Gasteiger partial charge in [0.15, 0.2) is 0 Å². The Kier molecular flexibility index (Phi) is 5.08. The molecule has 1 saturated carbocycles. The molecule has 0 unspecified atom stereocenters. The smallest absolute Gasteiger partial charge is 0.407 e. The number of carbonyl (C=O) groups is 2. The summed E-state index contributed by atoms with van der Waals surface area (Å²) in [5.74, 6) is 0.612. The second-order valence-corrected chi connectivity index (χ2v) is 9.06. The average Bonchev–Trinajstić information content (AvgIpc) is 2.66. The van der Waals surface area contributed by atoms with Gasteiger partial charge in [-0.3, -0.25) is 4.79 Å². The van der Waals surface area contributed by atoms with Crippen molar-refractivity contribution >= 4 is 12.0 Å². The minimum Gasteiger partial charge on any atom is -0.465 e. The van der Waals surface area contributed by atoms with Crippen LogP contribution < -0.4 is 5.32 Å². The number of hydrogen-bond acceptors (Lipinski definition) is 3. The molecular formula is C22H31N3O3. The highest BCUT2D eigenvalue weighted by atomic mass is 16.4. The first-order valence-electron chi connectivity index (χ1n) is 10.5. The molecule has 2 aliphatic heterocycles. The summed E-state index contributed by atoms with van der Waals surface area (Å²) in [6.45, 7) is 6.86. The summed E-state index contributed by atoms with van der Waals surface area (Å²) in [6, 6.07) is 8.87. The van der Waals surface area contributed by atoms with E-state index in [1.807, 2.05) is 0 Å². The van der Waals surface area contributed by atoms with Crippen LogP contribution in [0.3, 0.4) is 0 Å². The zero-order valence-corrected chi connectivity index (χ0v) is 16.9. The number of carboxylic acid groups (broad SMARTS) is 1. The first-order valence-corrected chi connectivity index (χ1v) is 10.5. The first-order chi connectivity index (χ1) is 13.4. The Hall–Kier alpha value is -2.08. The number of nitrogens with zero attached hydrogens (tertiary/aromatic N) is 2. The third-order valence-electron chi connectivity index (χ3n) is 7.04. The lowest BCUT2D eigenvalue weighted by molar-refractivity contribution is -0.147. The van der Waals surface area contributed by atoms with Crippen LogP contribution >= 0.6 is 0 Å². The van der Waals surface area contributed by atoms with Gasteiger partial charge in [-0.2, -0.15) is 0 Å². The Morgan fingerprint density at radius 1 is 1.21 bits per heavy atom. The molecule has 3 fully saturated rings. The van der Waals surface area contributed by atoms with Gasteiger partial charge >= 0.3 is 6.09 Å². The van der Waals surface area contributed by atoms with Crippen LogP contribution in [0.2, 0.25) is 0 Å². The fourth-order valence-corrected chi connectivity index (χ4v) is 5.45. The highest BCUT2D eigenvalue weighted by Gasteiger charge is 2.51. The third-order valence-corrected chi connectivity index (χ3v) is 7.04. The standard InChI is InChI=1S/C22H31N3O3/c1-15(2)17-5-3-4-6-18(17)19-13-23-14-20(26)25(19)16-11-22(12-16)7-9-24(10-8-22)21(27)28/h3-6,15-16,19,23H,7-14H2,1-2H3,(H,27,28)/t19-/m1/s1. The summed E-state index contributed by atoms with van der Waals surface area (Å²) in [4.78, 5) is 27.7. The van der Waals surface area contributed by atoms with Gasteiger partial charge in [0.05, 0.1) is 12.6 Å². The fraction of sp³-hybridized carbons (Fsp3) is 0.636. The molecule has 28 heavy (non-hydrogen) atoms. The molecule has 0 bridgehead atoms. The van der Waals surface area contributed by atoms with Gasteiger partial charge in [0.25, 0.3) is 0 Å². The van der Waals surface area contributed by atoms with Gasteiger partial charge < -0.3 is 20.2 Å². The van der Waals surface area contributed by atoms with Crippen molar-refractivity contribution in [2.45, 2.75) is 57.5 Å². The zero-order valence-electron chi connectivity index (χ0n) is 16.9. The summed E-state index contributed by atoms with van der Waals surface area (Å²) < 4.78 is 0. The number of hydrogen-bond donors (Lipinski definition) is 2. The maximum Gasteiger partial charge on any atom is 0.407 e. The number of piperidine rings is 1. The van der Waals surface area contributed by atoms with Crippen molar-refractivity contribution in [3.05, 3.63) is 35.4 Å². The van der Waals surface area contributed by atoms with Gasteiger partial charge in [-0.25, -0.2) is 4.79 Å². The molecule has 2 N–H and O–H groups in total. The van der Waals surface area contributed by atoms with E-state index in [2.05, 4.69) is 48.3 Å². The van der Waals surface area contributed by atoms with Crippen molar-refractivity contribution in [3.63, 3.8) is 0 Å². The zero-order chi connectivity index (χ0) is 19.9. The molecule has 0 aromatic heterocycles. The van der Waals surface area contributed by atoms with Crippen LogP contribution in [-0.2, 0) is 4.79 Å². The normalized spacial score (nSPS) is 25.2. The molecule has 1 aromatic rings. The molecule has 2 heterocycles. The van der Waals surface area contributed by atoms with Gasteiger partial charge in [-0.1, -0.05) is 38.1 Å². The van der Waals surface area contributed by atoms with Crippen molar-refractivity contribution in [1.29, 1.82) is 0 Å². The highest BCUT2D eigenvalue weighted by Crippen LogP contribution is 2.52. The molecule has 1 spiro atoms. The number of benzene rings is 1. The van der Waals surface area contributed by atoms with Crippen LogP contribution in [0, 0.1) is 5.41 Å². The quantitative estimate of drug-likeness (QED) is 0.838. The van der Waals surface area contributed by atoms with Gasteiger partial charge in [-0.05, 0) is 48.1 Å². The molecule has 6 heteroatoms. The minimum atomic E-state index is -0.812. The predicted molar refractivity (Wildman–Crippen MR) is 107 cm³/mol. The molecule has 0 radical (unpaired) electrons. The van der Waals surface area contributed by atoms with Crippen LogP contribution in [0.1, 0.15) is 62.6 Å². The Balaban J connectivity index is 1.51. The molecule has 1 aromatic carbocycles.